The Balaban J connectivity index is 2.52. The van der Waals surface area contributed by atoms with Crippen molar-refractivity contribution in [3.05, 3.63) is 15.2 Å². The third-order valence-corrected chi connectivity index (χ3v) is 3.13. The van der Waals surface area contributed by atoms with E-state index in [-0.39, 0.29) is 19.3 Å². The molecule has 0 saturated heterocycles. The fourth-order valence-corrected chi connectivity index (χ4v) is 2.28. The fraction of sp³-hybridized carbons (Fsp3) is 0.364. The summed E-state index contributed by atoms with van der Waals surface area (Å²) in [6.45, 7) is 0.0965. The van der Waals surface area contributed by atoms with Crippen molar-refractivity contribution in [2.24, 2.45) is 0 Å². The van der Waals surface area contributed by atoms with Gasteiger partial charge in [-0.1, -0.05) is 0 Å². The maximum Gasteiger partial charge on any atom is 0.342 e. The number of rotatable bonds is 4. The smallest absolute Gasteiger partial charge is 0.342 e. The van der Waals surface area contributed by atoms with E-state index in [0.717, 1.165) is 0 Å². The van der Waals surface area contributed by atoms with E-state index in [9.17, 15) is 4.79 Å². The highest BCUT2D eigenvalue weighted by Gasteiger charge is 2.29. The Morgan fingerprint density at radius 2 is 2.22 bits per heavy atom. The van der Waals surface area contributed by atoms with Crippen molar-refractivity contribution in [2.75, 3.05) is 27.8 Å². The molecule has 0 radical (unpaired) electrons. The molecule has 1 aromatic carbocycles. The number of methoxy groups -OCH3 is 2. The summed E-state index contributed by atoms with van der Waals surface area (Å²) in [6.07, 6.45) is 0. The number of carbonyl (C=O) groups excluding carboxylic acids is 1. The normalized spacial score (nSPS) is 12.4. The molecule has 0 bridgehead atoms. The number of halogens is 1. The minimum Gasteiger partial charge on any atom is -0.465 e. The number of benzene rings is 1. The van der Waals surface area contributed by atoms with Gasteiger partial charge in [0.05, 0.1) is 7.11 Å². The standard InChI is InChI=1S/C11H11IO6/c1-14-4-17-10-8(11(13)15-2)6(12)3-7-9(10)18-5-16-7/h3H,4-5H2,1-2H3. The number of hydrogen-bond acceptors (Lipinski definition) is 6. The summed E-state index contributed by atoms with van der Waals surface area (Å²) in [4.78, 5) is 11.8. The van der Waals surface area contributed by atoms with Gasteiger partial charge in [-0.25, -0.2) is 4.79 Å². The number of esters is 1. The van der Waals surface area contributed by atoms with Gasteiger partial charge in [-0.05, 0) is 28.7 Å². The zero-order valence-corrected chi connectivity index (χ0v) is 12.0. The number of hydrogen-bond donors (Lipinski definition) is 0. The molecule has 98 valence electrons. The van der Waals surface area contributed by atoms with Crippen LogP contribution in [-0.2, 0) is 9.47 Å². The zero-order chi connectivity index (χ0) is 13.1. The Kier molecular flexibility index (Phi) is 4.12. The van der Waals surface area contributed by atoms with E-state index in [1.807, 2.05) is 22.6 Å². The Morgan fingerprint density at radius 1 is 1.44 bits per heavy atom. The molecule has 6 nitrogen and oxygen atoms in total. The summed E-state index contributed by atoms with van der Waals surface area (Å²) in [5.41, 5.74) is 0.305. The first kappa shape index (κ1) is 13.2. The van der Waals surface area contributed by atoms with Crippen molar-refractivity contribution in [2.45, 2.75) is 0 Å². The molecule has 0 spiro atoms. The van der Waals surface area contributed by atoms with E-state index in [2.05, 4.69) is 0 Å². The Morgan fingerprint density at radius 3 is 2.89 bits per heavy atom. The molecule has 1 aromatic rings. The average molecular weight is 366 g/mol. The molecule has 1 aliphatic heterocycles. The number of fused-ring (bicyclic) bond motifs is 1. The van der Waals surface area contributed by atoms with Crippen molar-refractivity contribution in [1.29, 1.82) is 0 Å². The summed E-state index contributed by atoms with van der Waals surface area (Å²) in [6, 6.07) is 1.70. The van der Waals surface area contributed by atoms with Crippen LogP contribution in [-0.4, -0.2) is 33.8 Å². The van der Waals surface area contributed by atoms with Crippen LogP contribution in [0.25, 0.3) is 0 Å². The van der Waals surface area contributed by atoms with E-state index in [4.69, 9.17) is 23.7 Å². The van der Waals surface area contributed by atoms with Gasteiger partial charge in [0.25, 0.3) is 0 Å². The predicted octanol–water partition coefficient (Wildman–Crippen LogP) is 1.79. The van der Waals surface area contributed by atoms with Gasteiger partial charge in [0.15, 0.2) is 18.3 Å². The molecule has 1 aliphatic rings. The van der Waals surface area contributed by atoms with E-state index in [0.29, 0.717) is 20.6 Å². The van der Waals surface area contributed by atoms with Crippen LogP contribution in [0.1, 0.15) is 10.4 Å². The van der Waals surface area contributed by atoms with Crippen LogP contribution in [0.3, 0.4) is 0 Å². The summed E-state index contributed by atoms with van der Waals surface area (Å²) in [7, 11) is 2.80. The first-order valence-electron chi connectivity index (χ1n) is 5.01. The van der Waals surface area contributed by atoms with Crippen molar-refractivity contribution in [1.82, 2.24) is 0 Å². The second kappa shape index (κ2) is 5.61. The molecule has 2 rings (SSSR count). The number of carbonyl (C=O) groups is 1. The van der Waals surface area contributed by atoms with Gasteiger partial charge in [0.1, 0.15) is 5.56 Å². The van der Waals surface area contributed by atoms with Gasteiger partial charge < -0.3 is 23.7 Å². The van der Waals surface area contributed by atoms with Gasteiger partial charge in [0, 0.05) is 10.7 Å². The monoisotopic (exact) mass is 366 g/mol. The largest absolute Gasteiger partial charge is 0.465 e. The summed E-state index contributed by atoms with van der Waals surface area (Å²) in [5, 5.41) is 0. The van der Waals surface area contributed by atoms with Crippen molar-refractivity contribution < 1.29 is 28.5 Å². The Labute approximate surface area is 117 Å². The molecular formula is C11H11IO6. The van der Waals surface area contributed by atoms with Crippen LogP contribution < -0.4 is 14.2 Å². The Hall–Kier alpha value is -1.22. The van der Waals surface area contributed by atoms with E-state index in [1.165, 1.54) is 14.2 Å². The molecule has 0 unspecified atom stereocenters. The molecule has 0 atom stereocenters. The van der Waals surface area contributed by atoms with E-state index < -0.39 is 5.97 Å². The van der Waals surface area contributed by atoms with Crippen molar-refractivity contribution >= 4 is 28.6 Å². The lowest BCUT2D eigenvalue weighted by Crippen LogP contribution is -2.10. The van der Waals surface area contributed by atoms with Gasteiger partial charge in [-0.3, -0.25) is 0 Å². The van der Waals surface area contributed by atoms with Gasteiger partial charge in [-0.2, -0.15) is 0 Å². The van der Waals surface area contributed by atoms with Crippen LogP contribution in [0.15, 0.2) is 6.07 Å². The summed E-state index contributed by atoms with van der Waals surface area (Å²) >= 11 is 2.01. The molecule has 0 fully saturated rings. The van der Waals surface area contributed by atoms with Gasteiger partial charge in [0.2, 0.25) is 12.5 Å². The maximum absolute atomic E-state index is 11.8. The summed E-state index contributed by atoms with van der Waals surface area (Å²) in [5.74, 6) is 0.720. The lowest BCUT2D eigenvalue weighted by atomic mass is 10.1. The third kappa shape index (κ3) is 2.32. The van der Waals surface area contributed by atoms with Crippen LogP contribution in [0, 0.1) is 3.57 Å². The second-order valence-corrected chi connectivity index (χ2v) is 4.50. The molecular weight excluding hydrogens is 355 g/mol. The first-order valence-corrected chi connectivity index (χ1v) is 6.09. The molecule has 0 N–H and O–H groups in total. The predicted molar refractivity (Wildman–Crippen MR) is 69.1 cm³/mol. The fourth-order valence-electron chi connectivity index (χ4n) is 1.53. The maximum atomic E-state index is 11.8. The third-order valence-electron chi connectivity index (χ3n) is 2.28. The zero-order valence-electron chi connectivity index (χ0n) is 9.82. The van der Waals surface area contributed by atoms with Crippen LogP contribution >= 0.6 is 22.6 Å². The van der Waals surface area contributed by atoms with E-state index >= 15 is 0 Å². The molecule has 18 heavy (non-hydrogen) atoms. The SMILES string of the molecule is COCOc1c2c(cc(I)c1C(=O)OC)OCO2. The van der Waals surface area contributed by atoms with Crippen molar-refractivity contribution in [3.8, 4) is 17.2 Å². The minimum absolute atomic E-state index is 0.000111. The second-order valence-electron chi connectivity index (χ2n) is 3.34. The minimum atomic E-state index is -0.496. The summed E-state index contributed by atoms with van der Waals surface area (Å²) < 4.78 is 26.2. The lowest BCUT2D eigenvalue weighted by Gasteiger charge is -2.13. The van der Waals surface area contributed by atoms with Crippen molar-refractivity contribution in [3.63, 3.8) is 0 Å². The van der Waals surface area contributed by atoms with Gasteiger partial charge in [-0.15, -0.1) is 0 Å². The van der Waals surface area contributed by atoms with Crippen LogP contribution in [0.2, 0.25) is 0 Å². The molecule has 0 aromatic heterocycles. The highest BCUT2D eigenvalue weighted by atomic mass is 127. The molecule has 0 aliphatic carbocycles. The molecule has 0 amide bonds. The topological polar surface area (TPSA) is 63.2 Å². The highest BCUT2D eigenvalue weighted by molar-refractivity contribution is 14.1. The molecule has 1 heterocycles. The molecule has 7 heteroatoms. The quantitative estimate of drug-likeness (QED) is 0.460. The average Bonchev–Trinajstić information content (AvgIpc) is 2.82. The molecule has 0 saturated carbocycles. The Bertz CT molecular complexity index is 473. The van der Waals surface area contributed by atoms with Crippen LogP contribution in [0.4, 0.5) is 0 Å². The van der Waals surface area contributed by atoms with Crippen LogP contribution in [0.5, 0.6) is 17.2 Å². The first-order chi connectivity index (χ1) is 8.69. The number of ether oxygens (including phenoxy) is 5. The van der Waals surface area contributed by atoms with E-state index in [1.54, 1.807) is 6.07 Å². The lowest BCUT2D eigenvalue weighted by molar-refractivity contribution is 0.0442. The highest BCUT2D eigenvalue weighted by Crippen LogP contribution is 2.45. The van der Waals surface area contributed by atoms with Gasteiger partial charge >= 0.3 is 5.97 Å².